The predicted molar refractivity (Wildman–Crippen MR) is 89.7 cm³/mol. The maximum atomic E-state index is 12.8. The minimum atomic E-state index is 0.0884. The van der Waals surface area contributed by atoms with Gasteiger partial charge in [-0.3, -0.25) is 9.69 Å². The smallest absolute Gasteiger partial charge is 0.270 e. The predicted octanol–water partition coefficient (Wildman–Crippen LogP) is 2.16. The van der Waals surface area contributed by atoms with E-state index in [-0.39, 0.29) is 11.9 Å². The lowest BCUT2D eigenvalue weighted by Gasteiger charge is -2.40. The number of para-hydroxylation sites is 1. The van der Waals surface area contributed by atoms with Crippen molar-refractivity contribution in [2.75, 3.05) is 33.8 Å². The number of hydrogen-bond acceptors (Lipinski definition) is 3. The Balaban J connectivity index is 1.85. The van der Waals surface area contributed by atoms with E-state index in [1.54, 1.807) is 7.11 Å². The zero-order valence-electron chi connectivity index (χ0n) is 13.9. The number of benzene rings is 1. The zero-order valence-corrected chi connectivity index (χ0v) is 13.9. The van der Waals surface area contributed by atoms with Crippen LogP contribution >= 0.6 is 0 Å². The minimum absolute atomic E-state index is 0.0884. The molecular formula is C18H23N3O2. The molecule has 0 radical (unpaired) electrons. The normalized spacial score (nSPS) is 18.9. The maximum absolute atomic E-state index is 12.8. The van der Waals surface area contributed by atoms with Crippen LogP contribution in [0.2, 0.25) is 0 Å². The van der Waals surface area contributed by atoms with Crippen molar-refractivity contribution in [1.82, 2.24) is 14.4 Å². The molecule has 1 saturated heterocycles. The molecule has 5 heteroatoms. The second kappa shape index (κ2) is 6.46. The van der Waals surface area contributed by atoms with Gasteiger partial charge in [-0.1, -0.05) is 18.2 Å². The summed E-state index contributed by atoms with van der Waals surface area (Å²) >= 11 is 0. The van der Waals surface area contributed by atoms with Gasteiger partial charge in [0.15, 0.2) is 0 Å². The van der Waals surface area contributed by atoms with Crippen molar-refractivity contribution >= 4 is 5.91 Å². The van der Waals surface area contributed by atoms with E-state index in [9.17, 15) is 4.79 Å². The number of carbonyl (C=O) groups excluding carboxylic acids is 1. The second-order valence-corrected chi connectivity index (χ2v) is 5.99. The molecule has 1 aromatic heterocycles. The fourth-order valence-electron chi connectivity index (χ4n) is 3.18. The highest BCUT2D eigenvalue weighted by Gasteiger charge is 2.31. The van der Waals surface area contributed by atoms with Gasteiger partial charge in [0.1, 0.15) is 11.4 Å². The number of piperazine rings is 1. The summed E-state index contributed by atoms with van der Waals surface area (Å²) in [6.45, 7) is 2.26. The van der Waals surface area contributed by atoms with Crippen molar-refractivity contribution in [2.24, 2.45) is 7.05 Å². The first kappa shape index (κ1) is 15.6. The molecule has 0 spiro atoms. The molecule has 2 heterocycles. The Bertz CT molecular complexity index is 695. The van der Waals surface area contributed by atoms with Crippen LogP contribution in [0.25, 0.3) is 0 Å². The third-order valence-electron chi connectivity index (χ3n) is 4.60. The number of rotatable bonds is 3. The first-order chi connectivity index (χ1) is 11.1. The average Bonchev–Trinajstić information content (AvgIpc) is 3.00. The van der Waals surface area contributed by atoms with Crippen LogP contribution in [0, 0.1) is 0 Å². The summed E-state index contributed by atoms with van der Waals surface area (Å²) in [4.78, 5) is 17.0. The van der Waals surface area contributed by atoms with Crippen LogP contribution < -0.4 is 4.74 Å². The highest BCUT2D eigenvalue weighted by Crippen LogP contribution is 2.31. The Morgan fingerprint density at radius 3 is 2.61 bits per heavy atom. The fraction of sp³-hybridized carbons (Fsp3) is 0.389. The molecule has 1 aliphatic heterocycles. The molecule has 23 heavy (non-hydrogen) atoms. The number of methoxy groups -OCH3 is 1. The maximum Gasteiger partial charge on any atom is 0.270 e. The van der Waals surface area contributed by atoms with Crippen LogP contribution in [0.3, 0.4) is 0 Å². The van der Waals surface area contributed by atoms with E-state index in [0.29, 0.717) is 6.54 Å². The summed E-state index contributed by atoms with van der Waals surface area (Å²) in [5.41, 5.74) is 1.86. The van der Waals surface area contributed by atoms with Crippen molar-refractivity contribution in [3.63, 3.8) is 0 Å². The first-order valence-corrected chi connectivity index (χ1v) is 7.85. The van der Waals surface area contributed by atoms with Crippen molar-refractivity contribution in [2.45, 2.75) is 6.04 Å². The van der Waals surface area contributed by atoms with Crippen molar-refractivity contribution in [3.05, 3.63) is 53.9 Å². The SMILES string of the molecule is COc1ccccc1C1CN(C(=O)c2cccn2C)CCN1C. The number of amides is 1. The molecule has 1 unspecified atom stereocenters. The number of ether oxygens (including phenoxy) is 1. The lowest BCUT2D eigenvalue weighted by molar-refractivity contribution is 0.0533. The number of aryl methyl sites for hydroxylation is 1. The molecule has 1 atom stereocenters. The highest BCUT2D eigenvalue weighted by molar-refractivity contribution is 5.92. The highest BCUT2D eigenvalue weighted by atomic mass is 16.5. The number of hydrogen-bond donors (Lipinski definition) is 0. The van der Waals surface area contributed by atoms with Crippen molar-refractivity contribution < 1.29 is 9.53 Å². The zero-order chi connectivity index (χ0) is 16.4. The van der Waals surface area contributed by atoms with Crippen LogP contribution in [0.15, 0.2) is 42.6 Å². The Kier molecular flexibility index (Phi) is 4.39. The van der Waals surface area contributed by atoms with E-state index in [4.69, 9.17) is 4.74 Å². The number of likely N-dealkylation sites (N-methyl/N-ethyl adjacent to an activating group) is 1. The number of nitrogens with zero attached hydrogens (tertiary/aromatic N) is 3. The molecule has 0 bridgehead atoms. The monoisotopic (exact) mass is 313 g/mol. The van der Waals surface area contributed by atoms with Crippen molar-refractivity contribution in [1.29, 1.82) is 0 Å². The molecule has 0 saturated carbocycles. The van der Waals surface area contributed by atoms with Gasteiger partial charge in [-0.05, 0) is 25.2 Å². The summed E-state index contributed by atoms with van der Waals surface area (Å²) in [7, 11) is 5.69. The molecule has 0 aliphatic carbocycles. The summed E-state index contributed by atoms with van der Waals surface area (Å²) < 4.78 is 7.37. The Labute approximate surface area is 137 Å². The fourth-order valence-corrected chi connectivity index (χ4v) is 3.18. The molecule has 3 rings (SSSR count). The lowest BCUT2D eigenvalue weighted by atomic mass is 10.0. The van der Waals surface area contributed by atoms with Gasteiger partial charge in [0.25, 0.3) is 5.91 Å². The van der Waals surface area contributed by atoms with Crippen molar-refractivity contribution in [3.8, 4) is 5.75 Å². The van der Waals surface area contributed by atoms with Gasteiger partial charge in [-0.2, -0.15) is 0 Å². The summed E-state index contributed by atoms with van der Waals surface area (Å²) in [6.07, 6.45) is 1.90. The molecular weight excluding hydrogens is 290 g/mol. The third kappa shape index (κ3) is 2.97. The average molecular weight is 313 g/mol. The molecule has 1 fully saturated rings. The van der Waals surface area contributed by atoms with Gasteiger partial charge < -0.3 is 14.2 Å². The van der Waals surface area contributed by atoms with E-state index >= 15 is 0 Å². The van der Waals surface area contributed by atoms with Gasteiger partial charge in [-0.15, -0.1) is 0 Å². The van der Waals surface area contributed by atoms with E-state index in [2.05, 4.69) is 18.0 Å². The van der Waals surface area contributed by atoms with Crippen LogP contribution in [0.5, 0.6) is 5.75 Å². The number of aromatic nitrogens is 1. The lowest BCUT2D eigenvalue weighted by Crippen LogP contribution is -2.49. The van der Waals surface area contributed by atoms with E-state index in [1.165, 1.54) is 0 Å². The quantitative estimate of drug-likeness (QED) is 0.871. The van der Waals surface area contributed by atoms with Crippen LogP contribution in [-0.4, -0.2) is 54.1 Å². The largest absolute Gasteiger partial charge is 0.496 e. The molecule has 1 amide bonds. The van der Waals surface area contributed by atoms with Crippen LogP contribution in [0.1, 0.15) is 22.1 Å². The van der Waals surface area contributed by atoms with Gasteiger partial charge in [0.2, 0.25) is 0 Å². The molecule has 0 N–H and O–H groups in total. The standard InChI is InChI=1S/C18H23N3O2/c1-19-10-6-8-15(19)18(22)21-12-11-20(2)16(13-21)14-7-4-5-9-17(14)23-3/h4-10,16H,11-13H2,1-3H3. The van der Waals surface area contributed by atoms with E-state index < -0.39 is 0 Å². The van der Waals surface area contributed by atoms with Gasteiger partial charge in [0.05, 0.1) is 13.2 Å². The first-order valence-electron chi connectivity index (χ1n) is 7.85. The van der Waals surface area contributed by atoms with Crippen LogP contribution in [-0.2, 0) is 7.05 Å². The minimum Gasteiger partial charge on any atom is -0.496 e. The van der Waals surface area contributed by atoms with Crippen LogP contribution in [0.4, 0.5) is 0 Å². The van der Waals surface area contributed by atoms with Gasteiger partial charge in [0, 0.05) is 38.4 Å². The Morgan fingerprint density at radius 1 is 1.13 bits per heavy atom. The van der Waals surface area contributed by atoms with Gasteiger partial charge in [-0.25, -0.2) is 0 Å². The molecule has 122 valence electrons. The third-order valence-corrected chi connectivity index (χ3v) is 4.60. The van der Waals surface area contributed by atoms with Gasteiger partial charge >= 0.3 is 0 Å². The molecule has 2 aromatic rings. The topological polar surface area (TPSA) is 37.7 Å². The van der Waals surface area contributed by atoms with E-state index in [1.807, 2.05) is 53.0 Å². The molecule has 1 aromatic carbocycles. The summed E-state index contributed by atoms with van der Waals surface area (Å²) in [6, 6.07) is 12.0. The summed E-state index contributed by atoms with van der Waals surface area (Å²) in [5.74, 6) is 0.961. The second-order valence-electron chi connectivity index (χ2n) is 5.99. The van der Waals surface area contributed by atoms with E-state index in [0.717, 1.165) is 30.1 Å². The molecule has 5 nitrogen and oxygen atoms in total. The Hall–Kier alpha value is -2.27. The summed E-state index contributed by atoms with van der Waals surface area (Å²) in [5, 5.41) is 0. The molecule has 1 aliphatic rings. The Morgan fingerprint density at radius 2 is 1.91 bits per heavy atom. The number of carbonyl (C=O) groups is 1.